The molecule has 0 aromatic heterocycles. The number of allylic oxidation sites excluding steroid dienone is 2. The number of rotatable bonds is 0. The van der Waals surface area contributed by atoms with E-state index in [0.717, 1.165) is 60.2 Å². The van der Waals surface area contributed by atoms with Crippen LogP contribution >= 0.6 is 0 Å². The Labute approximate surface area is 152 Å². The second-order valence-corrected chi connectivity index (χ2v) is 10.6. The quantitative estimate of drug-likeness (QED) is 0.644. The highest BCUT2D eigenvalue weighted by Crippen LogP contribution is 2.78. The SMILES string of the molecule is C[C@H]1CC2=CC(=N)CCC2C2CCC3(C)C(C4CC4[C@@]34CCCO4)C21. The predicted molar refractivity (Wildman–Crippen MR) is 99.6 cm³/mol. The van der Waals surface area contributed by atoms with Gasteiger partial charge in [-0.25, -0.2) is 0 Å². The van der Waals surface area contributed by atoms with Gasteiger partial charge in [-0.1, -0.05) is 19.4 Å². The van der Waals surface area contributed by atoms with E-state index in [4.69, 9.17) is 10.1 Å². The molecular formula is C23H33NO. The molecule has 0 radical (unpaired) electrons. The molecular weight excluding hydrogens is 306 g/mol. The maximum absolute atomic E-state index is 8.11. The van der Waals surface area contributed by atoms with E-state index in [0.29, 0.717) is 5.41 Å². The molecule has 1 saturated heterocycles. The first kappa shape index (κ1) is 15.4. The summed E-state index contributed by atoms with van der Waals surface area (Å²) in [6, 6.07) is 0. The van der Waals surface area contributed by atoms with E-state index in [2.05, 4.69) is 19.9 Å². The molecule has 1 spiro atoms. The monoisotopic (exact) mass is 339 g/mol. The molecule has 0 aromatic rings. The van der Waals surface area contributed by atoms with Crippen LogP contribution in [-0.2, 0) is 4.74 Å². The molecule has 4 saturated carbocycles. The first-order valence-electron chi connectivity index (χ1n) is 11.0. The summed E-state index contributed by atoms with van der Waals surface area (Å²) in [6.07, 6.45) is 12.8. The number of hydrogen-bond donors (Lipinski definition) is 1. The van der Waals surface area contributed by atoms with Gasteiger partial charge in [0.25, 0.3) is 0 Å². The van der Waals surface area contributed by atoms with Crippen molar-refractivity contribution in [2.24, 2.45) is 46.8 Å². The minimum absolute atomic E-state index is 0.262. The van der Waals surface area contributed by atoms with Gasteiger partial charge in [-0.3, -0.25) is 0 Å². The third kappa shape index (κ3) is 1.74. The Morgan fingerprint density at radius 1 is 1.20 bits per heavy atom. The predicted octanol–water partition coefficient (Wildman–Crippen LogP) is 5.23. The fraction of sp³-hybridized carbons (Fsp3) is 0.870. The Morgan fingerprint density at radius 3 is 2.88 bits per heavy atom. The maximum Gasteiger partial charge on any atom is 0.0770 e. The molecule has 25 heavy (non-hydrogen) atoms. The van der Waals surface area contributed by atoms with E-state index < -0.39 is 0 Å². The fourth-order valence-corrected chi connectivity index (χ4v) is 9.10. The summed E-state index contributed by atoms with van der Waals surface area (Å²) in [5.74, 6) is 6.23. The average molecular weight is 340 g/mol. The molecule has 1 aliphatic heterocycles. The van der Waals surface area contributed by atoms with Crippen LogP contribution < -0.4 is 0 Å². The third-order valence-electron chi connectivity index (χ3n) is 9.85. The summed E-state index contributed by atoms with van der Waals surface area (Å²) in [5.41, 5.74) is 3.25. The number of nitrogens with one attached hydrogen (secondary N) is 1. The van der Waals surface area contributed by atoms with Gasteiger partial charge < -0.3 is 10.1 Å². The molecule has 5 fully saturated rings. The van der Waals surface area contributed by atoms with Crippen molar-refractivity contribution in [1.29, 1.82) is 5.41 Å². The van der Waals surface area contributed by atoms with Crippen molar-refractivity contribution in [3.05, 3.63) is 11.6 Å². The smallest absolute Gasteiger partial charge is 0.0770 e. The van der Waals surface area contributed by atoms with Crippen molar-refractivity contribution in [2.75, 3.05) is 6.61 Å². The topological polar surface area (TPSA) is 33.1 Å². The Hall–Kier alpha value is -0.630. The molecule has 2 heteroatoms. The zero-order valence-corrected chi connectivity index (χ0v) is 15.9. The van der Waals surface area contributed by atoms with Crippen LogP contribution in [0.3, 0.4) is 0 Å². The highest BCUT2D eigenvalue weighted by molar-refractivity contribution is 5.93. The lowest BCUT2D eigenvalue weighted by atomic mass is 9.47. The van der Waals surface area contributed by atoms with Gasteiger partial charge >= 0.3 is 0 Å². The Bertz CT molecular complexity index is 659. The molecule has 5 aliphatic carbocycles. The fourth-order valence-electron chi connectivity index (χ4n) is 9.10. The Balaban J connectivity index is 1.40. The second kappa shape index (κ2) is 4.80. The van der Waals surface area contributed by atoms with Gasteiger partial charge in [0.2, 0.25) is 0 Å². The van der Waals surface area contributed by atoms with E-state index >= 15 is 0 Å². The molecule has 0 amide bonds. The van der Waals surface area contributed by atoms with Gasteiger partial charge in [-0.05, 0) is 98.9 Å². The minimum Gasteiger partial charge on any atom is -0.374 e. The van der Waals surface area contributed by atoms with Gasteiger partial charge in [0.05, 0.1) is 5.60 Å². The van der Waals surface area contributed by atoms with Gasteiger partial charge in [-0.2, -0.15) is 0 Å². The lowest BCUT2D eigenvalue weighted by molar-refractivity contribution is -0.154. The van der Waals surface area contributed by atoms with Crippen molar-refractivity contribution in [3.63, 3.8) is 0 Å². The molecule has 136 valence electrons. The van der Waals surface area contributed by atoms with E-state index in [1.54, 1.807) is 5.57 Å². The molecule has 7 unspecified atom stereocenters. The van der Waals surface area contributed by atoms with Crippen molar-refractivity contribution >= 4 is 5.71 Å². The molecule has 6 aliphatic rings. The van der Waals surface area contributed by atoms with E-state index in [-0.39, 0.29) is 5.60 Å². The Morgan fingerprint density at radius 2 is 2.08 bits per heavy atom. The zero-order valence-electron chi connectivity index (χ0n) is 15.9. The zero-order chi connectivity index (χ0) is 17.0. The molecule has 2 nitrogen and oxygen atoms in total. The van der Waals surface area contributed by atoms with Crippen molar-refractivity contribution in [2.45, 2.75) is 70.8 Å². The van der Waals surface area contributed by atoms with Crippen LogP contribution in [0.4, 0.5) is 0 Å². The van der Waals surface area contributed by atoms with Crippen LogP contribution in [0.25, 0.3) is 0 Å². The summed E-state index contributed by atoms with van der Waals surface area (Å²) in [5, 5.41) is 8.11. The Kier molecular flexibility index (Phi) is 2.96. The van der Waals surface area contributed by atoms with Gasteiger partial charge in [-0.15, -0.1) is 0 Å². The normalized spacial score (nSPS) is 59.0. The maximum atomic E-state index is 8.11. The lowest BCUT2D eigenvalue weighted by Crippen LogP contribution is -2.56. The van der Waals surface area contributed by atoms with Crippen LogP contribution in [0, 0.1) is 52.2 Å². The van der Waals surface area contributed by atoms with Gasteiger partial charge in [0.15, 0.2) is 0 Å². The number of fused-ring (bicyclic) bond motifs is 9. The summed E-state index contributed by atoms with van der Waals surface area (Å²) >= 11 is 0. The van der Waals surface area contributed by atoms with E-state index in [9.17, 15) is 0 Å². The van der Waals surface area contributed by atoms with Crippen molar-refractivity contribution < 1.29 is 4.74 Å². The van der Waals surface area contributed by atoms with E-state index in [1.807, 2.05) is 0 Å². The van der Waals surface area contributed by atoms with Gasteiger partial charge in [0, 0.05) is 17.7 Å². The van der Waals surface area contributed by atoms with Crippen LogP contribution in [0.2, 0.25) is 0 Å². The molecule has 9 atom stereocenters. The molecule has 6 rings (SSSR count). The molecule has 1 N–H and O–H groups in total. The van der Waals surface area contributed by atoms with Crippen molar-refractivity contribution in [1.82, 2.24) is 0 Å². The van der Waals surface area contributed by atoms with E-state index in [1.165, 1.54) is 44.9 Å². The average Bonchev–Trinajstić information content (AvgIpc) is 3.15. The second-order valence-electron chi connectivity index (χ2n) is 10.6. The summed E-state index contributed by atoms with van der Waals surface area (Å²) < 4.78 is 6.62. The molecule has 1 heterocycles. The molecule has 0 bridgehead atoms. The standard InChI is InChI=1S/C23H33NO/c1-13-10-14-11-15(24)4-5-16(14)17-6-8-22(2)21(20(13)17)18-12-19(18)23(22)7-3-9-25-23/h11,13,16-21,24H,3-10,12H2,1-2H3/t13-,16?,17?,18?,19?,20?,21?,22?,23-/m0/s1. The lowest BCUT2D eigenvalue weighted by Gasteiger charge is -2.59. The van der Waals surface area contributed by atoms with Crippen LogP contribution in [0.5, 0.6) is 0 Å². The number of ether oxygens (including phenoxy) is 1. The van der Waals surface area contributed by atoms with Gasteiger partial charge in [0.1, 0.15) is 0 Å². The largest absolute Gasteiger partial charge is 0.374 e. The van der Waals surface area contributed by atoms with Crippen LogP contribution in [0.15, 0.2) is 11.6 Å². The highest BCUT2D eigenvalue weighted by Gasteiger charge is 2.77. The van der Waals surface area contributed by atoms with Crippen molar-refractivity contribution in [3.8, 4) is 0 Å². The van der Waals surface area contributed by atoms with Crippen LogP contribution in [0.1, 0.15) is 65.2 Å². The summed E-state index contributed by atoms with van der Waals surface area (Å²) in [4.78, 5) is 0. The van der Waals surface area contributed by atoms with Crippen LogP contribution in [-0.4, -0.2) is 17.9 Å². The minimum atomic E-state index is 0.262. The molecule has 0 aromatic carbocycles. The number of hydrogen-bond acceptors (Lipinski definition) is 2. The summed E-state index contributed by atoms with van der Waals surface area (Å²) in [7, 11) is 0. The highest BCUT2D eigenvalue weighted by atomic mass is 16.5. The third-order valence-corrected chi connectivity index (χ3v) is 9.85. The summed E-state index contributed by atoms with van der Waals surface area (Å²) in [6.45, 7) is 6.20. The first-order chi connectivity index (χ1) is 12.1. The first-order valence-corrected chi connectivity index (χ1v) is 11.0.